The predicted molar refractivity (Wildman–Crippen MR) is 76.3 cm³/mol. The molecule has 0 spiro atoms. The van der Waals surface area contributed by atoms with E-state index in [2.05, 4.69) is 25.7 Å². The Morgan fingerprint density at radius 2 is 1.83 bits per heavy atom. The summed E-state index contributed by atoms with van der Waals surface area (Å²) < 4.78 is 0. The number of rotatable bonds is 6. The van der Waals surface area contributed by atoms with E-state index in [0.717, 1.165) is 38.8 Å². The lowest BCUT2D eigenvalue weighted by atomic mass is 9.85. The summed E-state index contributed by atoms with van der Waals surface area (Å²) in [5, 5.41) is 0. The zero-order valence-electron chi connectivity index (χ0n) is 12.3. The van der Waals surface area contributed by atoms with Gasteiger partial charge in [0.05, 0.1) is 0 Å². The fourth-order valence-electron chi connectivity index (χ4n) is 2.96. The second-order valence-electron chi connectivity index (χ2n) is 6.06. The zero-order chi connectivity index (χ0) is 13.5. The van der Waals surface area contributed by atoms with Crippen LogP contribution in [0.1, 0.15) is 59.3 Å². The molecule has 1 rings (SSSR count). The number of hydrogen-bond donors (Lipinski definition) is 1. The SMILES string of the molecule is CC1CC(C)C(C)N(C(=O)CCCCCCN)C1. The van der Waals surface area contributed by atoms with Gasteiger partial charge in [0.1, 0.15) is 0 Å². The van der Waals surface area contributed by atoms with Crippen molar-refractivity contribution in [3.05, 3.63) is 0 Å². The molecule has 0 aromatic heterocycles. The summed E-state index contributed by atoms with van der Waals surface area (Å²) in [7, 11) is 0. The topological polar surface area (TPSA) is 46.3 Å². The monoisotopic (exact) mass is 254 g/mol. The predicted octanol–water partition coefficient (Wildman–Crippen LogP) is 2.79. The number of carbonyl (C=O) groups excluding carboxylic acids is 1. The van der Waals surface area contributed by atoms with Gasteiger partial charge in [-0.1, -0.05) is 26.7 Å². The molecule has 3 nitrogen and oxygen atoms in total. The summed E-state index contributed by atoms with van der Waals surface area (Å²) in [6, 6.07) is 0.415. The molecular weight excluding hydrogens is 224 g/mol. The first-order valence-electron chi connectivity index (χ1n) is 7.55. The van der Waals surface area contributed by atoms with E-state index in [0.29, 0.717) is 30.2 Å². The molecule has 1 heterocycles. The van der Waals surface area contributed by atoms with Crippen LogP contribution in [0.25, 0.3) is 0 Å². The molecule has 1 saturated heterocycles. The van der Waals surface area contributed by atoms with Crippen molar-refractivity contribution in [3.8, 4) is 0 Å². The quantitative estimate of drug-likeness (QED) is 0.741. The molecule has 1 amide bonds. The average Bonchev–Trinajstić information content (AvgIpc) is 2.33. The molecular formula is C15H30N2O. The van der Waals surface area contributed by atoms with Gasteiger partial charge in [-0.2, -0.15) is 0 Å². The number of likely N-dealkylation sites (tertiary alicyclic amines) is 1. The van der Waals surface area contributed by atoms with Gasteiger partial charge in [-0.25, -0.2) is 0 Å². The molecule has 3 heteroatoms. The molecule has 0 aromatic rings. The lowest BCUT2D eigenvalue weighted by Gasteiger charge is -2.41. The maximum atomic E-state index is 12.2. The Morgan fingerprint density at radius 1 is 1.17 bits per heavy atom. The first-order valence-corrected chi connectivity index (χ1v) is 7.55. The van der Waals surface area contributed by atoms with Crippen LogP contribution in [0.3, 0.4) is 0 Å². The number of piperidine rings is 1. The van der Waals surface area contributed by atoms with E-state index in [1.807, 2.05) is 0 Å². The summed E-state index contributed by atoms with van der Waals surface area (Å²) in [5.74, 6) is 1.64. The van der Waals surface area contributed by atoms with E-state index >= 15 is 0 Å². The zero-order valence-corrected chi connectivity index (χ0v) is 12.3. The molecule has 0 radical (unpaired) electrons. The van der Waals surface area contributed by atoms with E-state index in [1.165, 1.54) is 6.42 Å². The summed E-state index contributed by atoms with van der Waals surface area (Å²) in [6.07, 6.45) is 6.37. The van der Waals surface area contributed by atoms with Crippen LogP contribution in [0.5, 0.6) is 0 Å². The smallest absolute Gasteiger partial charge is 0.222 e. The fourth-order valence-corrected chi connectivity index (χ4v) is 2.96. The molecule has 0 aliphatic carbocycles. The van der Waals surface area contributed by atoms with Crippen LogP contribution in [0.15, 0.2) is 0 Å². The number of carbonyl (C=O) groups is 1. The highest BCUT2D eigenvalue weighted by atomic mass is 16.2. The van der Waals surface area contributed by atoms with Gasteiger partial charge in [0.15, 0.2) is 0 Å². The van der Waals surface area contributed by atoms with E-state index < -0.39 is 0 Å². The van der Waals surface area contributed by atoms with Gasteiger partial charge in [0, 0.05) is 19.0 Å². The van der Waals surface area contributed by atoms with Gasteiger partial charge >= 0.3 is 0 Å². The van der Waals surface area contributed by atoms with Crippen LogP contribution in [-0.4, -0.2) is 29.9 Å². The molecule has 0 aromatic carbocycles. The summed E-state index contributed by atoms with van der Waals surface area (Å²) >= 11 is 0. The lowest BCUT2D eigenvalue weighted by molar-refractivity contribution is -0.137. The van der Waals surface area contributed by atoms with Crippen molar-refractivity contribution in [2.24, 2.45) is 17.6 Å². The van der Waals surface area contributed by atoms with Crippen molar-refractivity contribution in [1.82, 2.24) is 4.90 Å². The van der Waals surface area contributed by atoms with Crippen LogP contribution in [-0.2, 0) is 4.79 Å². The minimum absolute atomic E-state index is 0.355. The molecule has 1 fully saturated rings. The van der Waals surface area contributed by atoms with Crippen LogP contribution >= 0.6 is 0 Å². The lowest BCUT2D eigenvalue weighted by Crippen LogP contribution is -2.48. The van der Waals surface area contributed by atoms with Crippen molar-refractivity contribution in [2.75, 3.05) is 13.1 Å². The highest BCUT2D eigenvalue weighted by molar-refractivity contribution is 5.76. The van der Waals surface area contributed by atoms with E-state index in [9.17, 15) is 4.79 Å². The number of amides is 1. The Balaban J connectivity index is 2.31. The van der Waals surface area contributed by atoms with Gasteiger partial charge in [-0.3, -0.25) is 4.79 Å². The van der Waals surface area contributed by atoms with Crippen LogP contribution < -0.4 is 5.73 Å². The molecule has 1 aliphatic rings. The Bertz CT molecular complexity index is 255. The molecule has 18 heavy (non-hydrogen) atoms. The summed E-state index contributed by atoms with van der Waals surface area (Å²) in [6.45, 7) is 8.44. The van der Waals surface area contributed by atoms with Crippen molar-refractivity contribution in [2.45, 2.75) is 65.3 Å². The highest BCUT2D eigenvalue weighted by Gasteiger charge is 2.31. The van der Waals surface area contributed by atoms with Crippen LogP contribution in [0.2, 0.25) is 0 Å². The van der Waals surface area contributed by atoms with Crippen molar-refractivity contribution < 1.29 is 4.79 Å². The van der Waals surface area contributed by atoms with Gasteiger partial charge in [0.2, 0.25) is 5.91 Å². The second-order valence-corrected chi connectivity index (χ2v) is 6.06. The molecule has 2 N–H and O–H groups in total. The minimum Gasteiger partial charge on any atom is -0.339 e. The van der Waals surface area contributed by atoms with E-state index in [4.69, 9.17) is 5.73 Å². The van der Waals surface area contributed by atoms with Gasteiger partial charge < -0.3 is 10.6 Å². The third-order valence-electron chi connectivity index (χ3n) is 4.26. The number of unbranched alkanes of at least 4 members (excludes halogenated alkanes) is 3. The Hall–Kier alpha value is -0.570. The van der Waals surface area contributed by atoms with Gasteiger partial charge in [0.25, 0.3) is 0 Å². The van der Waals surface area contributed by atoms with Gasteiger partial charge in [-0.05, 0) is 44.6 Å². The molecule has 3 atom stereocenters. The van der Waals surface area contributed by atoms with Crippen molar-refractivity contribution in [1.29, 1.82) is 0 Å². The van der Waals surface area contributed by atoms with Crippen LogP contribution in [0.4, 0.5) is 0 Å². The minimum atomic E-state index is 0.355. The summed E-state index contributed by atoms with van der Waals surface area (Å²) in [5.41, 5.74) is 5.46. The first kappa shape index (κ1) is 15.5. The standard InChI is InChI=1S/C15H30N2O/c1-12-10-13(2)14(3)17(11-12)15(18)8-6-4-5-7-9-16/h12-14H,4-11,16H2,1-3H3. The van der Waals surface area contributed by atoms with E-state index in [1.54, 1.807) is 0 Å². The van der Waals surface area contributed by atoms with Crippen molar-refractivity contribution >= 4 is 5.91 Å². The first-order chi connectivity index (χ1) is 8.56. The second kappa shape index (κ2) is 7.78. The highest BCUT2D eigenvalue weighted by Crippen LogP contribution is 2.27. The molecule has 1 aliphatic heterocycles. The summed E-state index contributed by atoms with van der Waals surface area (Å²) in [4.78, 5) is 14.3. The Kier molecular flexibility index (Phi) is 6.69. The van der Waals surface area contributed by atoms with Gasteiger partial charge in [-0.15, -0.1) is 0 Å². The van der Waals surface area contributed by atoms with E-state index in [-0.39, 0.29) is 0 Å². The number of nitrogens with two attached hydrogens (primary N) is 1. The molecule has 0 bridgehead atoms. The Morgan fingerprint density at radius 3 is 2.50 bits per heavy atom. The fraction of sp³-hybridized carbons (Fsp3) is 0.933. The number of hydrogen-bond acceptors (Lipinski definition) is 2. The molecule has 106 valence electrons. The molecule has 0 saturated carbocycles. The maximum absolute atomic E-state index is 12.2. The molecule has 3 unspecified atom stereocenters. The Labute approximate surface area is 112 Å². The largest absolute Gasteiger partial charge is 0.339 e. The third kappa shape index (κ3) is 4.60. The third-order valence-corrected chi connectivity index (χ3v) is 4.26. The normalized spacial score (nSPS) is 28.4. The average molecular weight is 254 g/mol. The van der Waals surface area contributed by atoms with Crippen molar-refractivity contribution in [3.63, 3.8) is 0 Å². The maximum Gasteiger partial charge on any atom is 0.222 e. The van der Waals surface area contributed by atoms with Crippen LogP contribution in [0, 0.1) is 11.8 Å². The number of nitrogens with zero attached hydrogens (tertiary/aromatic N) is 1.